The zero-order valence-electron chi connectivity index (χ0n) is 11.0. The predicted molar refractivity (Wildman–Crippen MR) is 79.8 cm³/mol. The highest BCUT2D eigenvalue weighted by atomic mass is 16.1. The molecule has 0 aliphatic carbocycles. The molecule has 0 radical (unpaired) electrons. The van der Waals surface area contributed by atoms with Crippen molar-refractivity contribution in [2.45, 2.75) is 6.54 Å². The van der Waals surface area contributed by atoms with Gasteiger partial charge in [0.05, 0.1) is 11.3 Å². The van der Waals surface area contributed by atoms with Gasteiger partial charge in [0.25, 0.3) is 5.91 Å². The molecule has 0 fully saturated rings. The van der Waals surface area contributed by atoms with Crippen molar-refractivity contribution in [3.05, 3.63) is 65.9 Å². The second-order valence-electron chi connectivity index (χ2n) is 4.16. The van der Waals surface area contributed by atoms with Crippen LogP contribution in [0.1, 0.15) is 21.6 Å². The fourth-order valence-corrected chi connectivity index (χ4v) is 1.74. The number of rotatable bonds is 6. The van der Waals surface area contributed by atoms with Crippen LogP contribution in [0.4, 0.5) is 5.82 Å². The lowest BCUT2D eigenvalue weighted by atomic mass is 10.2. The molecule has 0 aliphatic rings. The smallest absolute Gasteiger partial charge is 0.250 e. The summed E-state index contributed by atoms with van der Waals surface area (Å²) in [6, 6.07) is 13.3. The van der Waals surface area contributed by atoms with E-state index in [1.807, 2.05) is 30.3 Å². The summed E-state index contributed by atoms with van der Waals surface area (Å²) in [7, 11) is 0. The normalized spacial score (nSPS) is 10.0. The first kappa shape index (κ1) is 13.8. The number of hydrazine groups is 1. The van der Waals surface area contributed by atoms with Crippen LogP contribution in [0.3, 0.4) is 0 Å². The van der Waals surface area contributed by atoms with Crippen LogP contribution in [0.15, 0.2) is 49.0 Å². The Labute approximate surface area is 117 Å². The van der Waals surface area contributed by atoms with E-state index in [2.05, 4.69) is 22.4 Å². The number of anilines is 1. The van der Waals surface area contributed by atoms with E-state index in [-0.39, 0.29) is 0 Å². The lowest BCUT2D eigenvalue weighted by Gasteiger charge is -2.09. The van der Waals surface area contributed by atoms with Crippen molar-refractivity contribution in [3.63, 3.8) is 0 Å². The lowest BCUT2D eigenvalue weighted by Crippen LogP contribution is -2.22. The summed E-state index contributed by atoms with van der Waals surface area (Å²) in [6.07, 6.45) is 1.50. The number of carbonyl (C=O) groups is 1. The fourth-order valence-electron chi connectivity index (χ4n) is 1.74. The van der Waals surface area contributed by atoms with Gasteiger partial charge >= 0.3 is 0 Å². The Morgan fingerprint density at radius 3 is 2.65 bits per heavy atom. The molecule has 20 heavy (non-hydrogen) atoms. The average molecular weight is 268 g/mol. The van der Waals surface area contributed by atoms with E-state index in [0.717, 1.165) is 5.56 Å². The Bertz CT molecular complexity index is 611. The topological polar surface area (TPSA) is 80.0 Å². The lowest BCUT2D eigenvalue weighted by molar-refractivity contribution is 0.1000. The van der Waals surface area contributed by atoms with Crippen molar-refractivity contribution < 1.29 is 4.79 Å². The van der Waals surface area contributed by atoms with E-state index in [1.165, 1.54) is 6.08 Å². The van der Waals surface area contributed by atoms with Crippen molar-refractivity contribution >= 4 is 17.8 Å². The summed E-state index contributed by atoms with van der Waals surface area (Å²) in [5.41, 5.74) is 13.2. The molecule has 5 heteroatoms. The van der Waals surface area contributed by atoms with Crippen LogP contribution in [-0.4, -0.2) is 10.9 Å². The van der Waals surface area contributed by atoms with Crippen molar-refractivity contribution in [1.29, 1.82) is 0 Å². The van der Waals surface area contributed by atoms with Crippen molar-refractivity contribution in [2.24, 2.45) is 5.73 Å². The third kappa shape index (κ3) is 3.43. The van der Waals surface area contributed by atoms with Crippen molar-refractivity contribution in [1.82, 2.24) is 10.4 Å². The molecule has 1 amide bonds. The number of hydrogen-bond donors (Lipinski definition) is 3. The number of hydrogen-bond acceptors (Lipinski definition) is 4. The summed E-state index contributed by atoms with van der Waals surface area (Å²) in [5, 5.41) is 0. The zero-order valence-corrected chi connectivity index (χ0v) is 11.0. The monoisotopic (exact) mass is 268 g/mol. The summed E-state index contributed by atoms with van der Waals surface area (Å²) < 4.78 is 0. The average Bonchev–Trinajstić information content (AvgIpc) is 2.48. The van der Waals surface area contributed by atoms with Gasteiger partial charge in [0.15, 0.2) is 0 Å². The first-order valence-corrected chi connectivity index (χ1v) is 6.17. The van der Waals surface area contributed by atoms with Crippen LogP contribution >= 0.6 is 0 Å². The first-order chi connectivity index (χ1) is 9.70. The highest BCUT2D eigenvalue weighted by Gasteiger charge is 2.07. The second kappa shape index (κ2) is 6.49. The second-order valence-corrected chi connectivity index (χ2v) is 4.16. The molecule has 0 saturated carbocycles. The van der Waals surface area contributed by atoms with Gasteiger partial charge in [-0.3, -0.25) is 4.79 Å². The SMILES string of the molecule is C=Cc1nc(NNCc2ccccc2)ccc1C(N)=O. The van der Waals surface area contributed by atoms with E-state index in [4.69, 9.17) is 5.73 Å². The van der Waals surface area contributed by atoms with Crippen LogP contribution < -0.4 is 16.6 Å². The van der Waals surface area contributed by atoms with E-state index in [0.29, 0.717) is 23.6 Å². The molecule has 5 nitrogen and oxygen atoms in total. The number of primary amides is 1. The molecule has 1 heterocycles. The molecule has 0 aliphatic heterocycles. The summed E-state index contributed by atoms with van der Waals surface area (Å²) >= 11 is 0. The number of nitrogens with one attached hydrogen (secondary N) is 2. The highest BCUT2D eigenvalue weighted by Crippen LogP contribution is 2.11. The Kier molecular flexibility index (Phi) is 4.47. The first-order valence-electron chi connectivity index (χ1n) is 6.17. The quantitative estimate of drug-likeness (QED) is 0.699. The van der Waals surface area contributed by atoms with Gasteiger partial charge in [-0.25, -0.2) is 10.4 Å². The molecule has 102 valence electrons. The minimum atomic E-state index is -0.517. The van der Waals surface area contributed by atoms with Gasteiger partial charge in [0, 0.05) is 6.54 Å². The number of benzene rings is 1. The zero-order chi connectivity index (χ0) is 14.4. The van der Waals surface area contributed by atoms with Crippen molar-refractivity contribution in [3.8, 4) is 0 Å². The Morgan fingerprint density at radius 2 is 2.00 bits per heavy atom. The number of aromatic nitrogens is 1. The van der Waals surface area contributed by atoms with E-state index >= 15 is 0 Å². The summed E-state index contributed by atoms with van der Waals surface area (Å²) in [6.45, 7) is 4.28. The number of nitrogens with two attached hydrogens (primary N) is 1. The van der Waals surface area contributed by atoms with Crippen LogP contribution in [0, 0.1) is 0 Å². The maximum Gasteiger partial charge on any atom is 0.250 e. The molecule has 0 atom stereocenters. The van der Waals surface area contributed by atoms with Gasteiger partial charge in [0.2, 0.25) is 0 Å². The molecule has 0 saturated heterocycles. The number of carbonyl (C=O) groups excluding carboxylic acids is 1. The van der Waals surface area contributed by atoms with Gasteiger partial charge < -0.3 is 11.2 Å². The standard InChI is InChI=1S/C15H16N4O/c1-2-13-12(15(16)20)8-9-14(18-13)19-17-10-11-6-4-3-5-7-11/h2-9,17H,1,10H2,(H2,16,20)(H,18,19). The van der Waals surface area contributed by atoms with Gasteiger partial charge in [-0.05, 0) is 23.8 Å². The van der Waals surface area contributed by atoms with Gasteiger partial charge in [-0.15, -0.1) is 0 Å². The third-order valence-corrected chi connectivity index (χ3v) is 2.74. The van der Waals surface area contributed by atoms with Gasteiger partial charge in [-0.2, -0.15) is 0 Å². The molecule has 4 N–H and O–H groups in total. The molecule has 1 aromatic carbocycles. The van der Waals surface area contributed by atoms with Crippen molar-refractivity contribution in [2.75, 3.05) is 5.43 Å². The summed E-state index contributed by atoms with van der Waals surface area (Å²) in [4.78, 5) is 15.4. The van der Waals surface area contributed by atoms with E-state index in [1.54, 1.807) is 12.1 Å². The largest absolute Gasteiger partial charge is 0.366 e. The maximum atomic E-state index is 11.2. The van der Waals surface area contributed by atoms with E-state index < -0.39 is 5.91 Å². The maximum absolute atomic E-state index is 11.2. The highest BCUT2D eigenvalue weighted by molar-refractivity contribution is 5.96. The van der Waals surface area contributed by atoms with Gasteiger partial charge in [0.1, 0.15) is 5.82 Å². The van der Waals surface area contributed by atoms with Crippen LogP contribution in [-0.2, 0) is 6.54 Å². The minimum absolute atomic E-state index is 0.355. The predicted octanol–water partition coefficient (Wildman–Crippen LogP) is 1.94. The van der Waals surface area contributed by atoms with Gasteiger partial charge in [-0.1, -0.05) is 36.9 Å². The number of nitrogens with zero attached hydrogens (tertiary/aromatic N) is 1. The molecular formula is C15H16N4O. The molecule has 0 spiro atoms. The van der Waals surface area contributed by atoms with Crippen LogP contribution in [0.2, 0.25) is 0 Å². The Morgan fingerprint density at radius 1 is 1.25 bits per heavy atom. The fraction of sp³-hybridized carbons (Fsp3) is 0.0667. The van der Waals surface area contributed by atoms with Crippen LogP contribution in [0.25, 0.3) is 6.08 Å². The Balaban J connectivity index is 2.00. The molecule has 0 unspecified atom stereocenters. The number of amides is 1. The molecule has 1 aromatic heterocycles. The summed E-state index contributed by atoms with van der Waals surface area (Å²) in [5.74, 6) is 0.0806. The Hall–Kier alpha value is -2.66. The molecule has 0 bridgehead atoms. The van der Waals surface area contributed by atoms with E-state index in [9.17, 15) is 4.79 Å². The number of pyridine rings is 1. The van der Waals surface area contributed by atoms with Crippen LogP contribution in [0.5, 0.6) is 0 Å². The molecule has 2 aromatic rings. The molecular weight excluding hydrogens is 252 g/mol. The molecule has 2 rings (SSSR count). The third-order valence-electron chi connectivity index (χ3n) is 2.74. The minimum Gasteiger partial charge on any atom is -0.366 e.